The second-order valence-electron chi connectivity index (χ2n) is 5.56. The van der Waals surface area contributed by atoms with Crippen molar-refractivity contribution in [1.29, 1.82) is 0 Å². The lowest BCUT2D eigenvalue weighted by atomic mass is 9.94. The molecule has 1 spiro atoms. The van der Waals surface area contributed by atoms with Crippen LogP contribution in [0.15, 0.2) is 16.7 Å². The van der Waals surface area contributed by atoms with Gasteiger partial charge in [0, 0.05) is 12.2 Å². The fourth-order valence-electron chi connectivity index (χ4n) is 2.97. The highest BCUT2D eigenvalue weighted by Crippen LogP contribution is 2.52. The van der Waals surface area contributed by atoms with E-state index in [0.29, 0.717) is 27.4 Å². The van der Waals surface area contributed by atoms with Crippen molar-refractivity contribution in [3.63, 3.8) is 0 Å². The molecule has 1 aromatic rings. The van der Waals surface area contributed by atoms with E-state index in [1.807, 2.05) is 0 Å². The van der Waals surface area contributed by atoms with Crippen LogP contribution < -0.4 is 15.4 Å². The number of ether oxygens (including phenoxy) is 1. The molecule has 2 N–H and O–H groups in total. The quantitative estimate of drug-likeness (QED) is 0.880. The Morgan fingerprint density at radius 1 is 1.55 bits per heavy atom. The summed E-state index contributed by atoms with van der Waals surface area (Å²) in [6.45, 7) is 2.12. The van der Waals surface area contributed by atoms with E-state index in [2.05, 4.69) is 31.5 Å². The molecule has 3 rings (SSSR count). The number of pyridine rings is 1. The van der Waals surface area contributed by atoms with Crippen molar-refractivity contribution >= 4 is 21.8 Å². The SMILES string of the molecule is COc1ncc(C(=O)NC2CC23CCNCC3)cc1Br. The molecule has 0 aromatic carbocycles. The summed E-state index contributed by atoms with van der Waals surface area (Å²) in [7, 11) is 1.55. The van der Waals surface area contributed by atoms with Crippen LogP contribution in [0.1, 0.15) is 29.6 Å². The van der Waals surface area contributed by atoms with Gasteiger partial charge in [-0.1, -0.05) is 0 Å². The summed E-state index contributed by atoms with van der Waals surface area (Å²) in [5.74, 6) is 0.434. The van der Waals surface area contributed by atoms with Crippen LogP contribution in [0.3, 0.4) is 0 Å². The Bertz CT molecular complexity index is 529. The van der Waals surface area contributed by atoms with E-state index in [9.17, 15) is 4.79 Å². The van der Waals surface area contributed by atoms with E-state index in [4.69, 9.17) is 4.74 Å². The maximum atomic E-state index is 12.2. The number of halogens is 1. The molecule has 6 heteroatoms. The van der Waals surface area contributed by atoms with Crippen LogP contribution in [-0.4, -0.2) is 37.1 Å². The smallest absolute Gasteiger partial charge is 0.253 e. The van der Waals surface area contributed by atoms with Crippen molar-refractivity contribution in [1.82, 2.24) is 15.6 Å². The van der Waals surface area contributed by atoms with Crippen molar-refractivity contribution in [3.8, 4) is 5.88 Å². The molecule has 1 aliphatic carbocycles. The number of rotatable bonds is 3. The molecule has 1 saturated carbocycles. The first-order chi connectivity index (χ1) is 9.64. The second kappa shape index (κ2) is 5.33. The van der Waals surface area contributed by atoms with E-state index in [1.54, 1.807) is 19.4 Å². The van der Waals surface area contributed by atoms with Crippen LogP contribution in [0.4, 0.5) is 0 Å². The molecule has 0 bridgehead atoms. The summed E-state index contributed by atoms with van der Waals surface area (Å²) in [4.78, 5) is 16.4. The number of piperidine rings is 1. The summed E-state index contributed by atoms with van der Waals surface area (Å²) in [6, 6.07) is 2.07. The van der Waals surface area contributed by atoms with E-state index < -0.39 is 0 Å². The third-order valence-corrected chi connectivity index (χ3v) is 4.93. The number of nitrogens with zero attached hydrogens (tertiary/aromatic N) is 1. The Balaban J connectivity index is 1.64. The first kappa shape index (κ1) is 13.8. The van der Waals surface area contributed by atoms with Gasteiger partial charge in [-0.15, -0.1) is 0 Å². The highest BCUT2D eigenvalue weighted by Gasteiger charge is 2.54. The normalized spacial score (nSPS) is 23.4. The number of nitrogens with one attached hydrogen (secondary N) is 2. The lowest BCUT2D eigenvalue weighted by Crippen LogP contribution is -2.36. The van der Waals surface area contributed by atoms with Gasteiger partial charge in [0.25, 0.3) is 5.91 Å². The summed E-state index contributed by atoms with van der Waals surface area (Å²) >= 11 is 3.35. The fourth-order valence-corrected chi connectivity index (χ4v) is 3.48. The third kappa shape index (κ3) is 2.54. The Morgan fingerprint density at radius 2 is 2.30 bits per heavy atom. The van der Waals surface area contributed by atoms with Crippen LogP contribution >= 0.6 is 15.9 Å². The molecular formula is C14H18BrN3O2. The zero-order valence-electron chi connectivity index (χ0n) is 11.4. The van der Waals surface area contributed by atoms with Gasteiger partial charge in [-0.25, -0.2) is 4.98 Å². The molecule has 108 valence electrons. The summed E-state index contributed by atoms with van der Waals surface area (Å²) in [5.41, 5.74) is 0.909. The van der Waals surface area contributed by atoms with Crippen LogP contribution in [0.5, 0.6) is 5.88 Å². The number of hydrogen-bond donors (Lipinski definition) is 2. The molecule has 1 unspecified atom stereocenters. The number of amides is 1. The minimum atomic E-state index is -0.0544. The number of carbonyl (C=O) groups is 1. The summed E-state index contributed by atoms with van der Waals surface area (Å²) in [5, 5.41) is 6.49. The topological polar surface area (TPSA) is 63.2 Å². The van der Waals surface area contributed by atoms with Gasteiger partial charge in [0.05, 0.1) is 17.1 Å². The molecule has 2 fully saturated rings. The van der Waals surface area contributed by atoms with Gasteiger partial charge in [0.1, 0.15) is 0 Å². The first-order valence-electron chi connectivity index (χ1n) is 6.86. The summed E-state index contributed by atoms with van der Waals surface area (Å²) < 4.78 is 5.76. The Morgan fingerprint density at radius 3 is 2.95 bits per heavy atom. The molecule has 1 atom stereocenters. The standard InChI is InChI=1S/C14H18BrN3O2/c1-20-13-10(15)6-9(8-17-13)12(19)18-11-7-14(11)2-4-16-5-3-14/h6,8,11,16H,2-5,7H2,1H3,(H,18,19). The largest absolute Gasteiger partial charge is 0.480 e. The van der Waals surface area contributed by atoms with Gasteiger partial charge in [0.2, 0.25) is 5.88 Å². The number of carbonyl (C=O) groups excluding carboxylic acids is 1. The average molecular weight is 340 g/mol. The Hall–Kier alpha value is -1.14. The first-order valence-corrected chi connectivity index (χ1v) is 7.65. The number of aromatic nitrogens is 1. The predicted octanol–water partition coefficient (Wildman–Crippen LogP) is 1.72. The third-order valence-electron chi connectivity index (χ3n) is 4.36. The number of methoxy groups -OCH3 is 1. The molecule has 1 saturated heterocycles. The van der Waals surface area contributed by atoms with Crippen molar-refractivity contribution in [2.24, 2.45) is 5.41 Å². The van der Waals surface area contributed by atoms with Gasteiger partial charge in [-0.05, 0) is 59.8 Å². The highest BCUT2D eigenvalue weighted by atomic mass is 79.9. The zero-order chi connectivity index (χ0) is 14.2. The molecule has 1 amide bonds. The molecular weight excluding hydrogens is 322 g/mol. The second-order valence-corrected chi connectivity index (χ2v) is 6.41. The maximum absolute atomic E-state index is 12.2. The van der Waals surface area contributed by atoms with Gasteiger partial charge in [0.15, 0.2) is 0 Å². The Labute approximate surface area is 126 Å². The molecule has 1 aliphatic heterocycles. The predicted molar refractivity (Wildman–Crippen MR) is 78.9 cm³/mol. The molecule has 2 heterocycles. The van der Waals surface area contributed by atoms with Gasteiger partial charge in [-0.2, -0.15) is 0 Å². The zero-order valence-corrected chi connectivity index (χ0v) is 13.0. The van der Waals surface area contributed by atoms with Crippen LogP contribution in [0.25, 0.3) is 0 Å². The van der Waals surface area contributed by atoms with Crippen LogP contribution in [0, 0.1) is 5.41 Å². The fraction of sp³-hybridized carbons (Fsp3) is 0.571. The van der Waals surface area contributed by atoms with Gasteiger partial charge >= 0.3 is 0 Å². The van der Waals surface area contributed by atoms with E-state index in [-0.39, 0.29) is 5.91 Å². The Kier molecular flexibility index (Phi) is 3.69. The minimum Gasteiger partial charge on any atom is -0.480 e. The monoisotopic (exact) mass is 339 g/mol. The number of hydrogen-bond acceptors (Lipinski definition) is 4. The molecule has 5 nitrogen and oxygen atoms in total. The van der Waals surface area contributed by atoms with Gasteiger partial charge < -0.3 is 15.4 Å². The average Bonchev–Trinajstić information content (AvgIpc) is 3.10. The molecule has 1 aromatic heterocycles. The van der Waals surface area contributed by atoms with Crippen molar-refractivity contribution < 1.29 is 9.53 Å². The lowest BCUT2D eigenvalue weighted by Gasteiger charge is -2.23. The molecule has 20 heavy (non-hydrogen) atoms. The molecule has 2 aliphatic rings. The minimum absolute atomic E-state index is 0.0544. The van der Waals surface area contributed by atoms with Crippen molar-refractivity contribution in [2.45, 2.75) is 25.3 Å². The van der Waals surface area contributed by atoms with Crippen LogP contribution in [-0.2, 0) is 0 Å². The van der Waals surface area contributed by atoms with E-state index in [1.165, 1.54) is 0 Å². The maximum Gasteiger partial charge on any atom is 0.253 e. The summed E-state index contributed by atoms with van der Waals surface area (Å²) in [6.07, 6.45) is 4.96. The van der Waals surface area contributed by atoms with Crippen molar-refractivity contribution in [3.05, 3.63) is 22.3 Å². The highest BCUT2D eigenvalue weighted by molar-refractivity contribution is 9.10. The van der Waals surface area contributed by atoms with E-state index >= 15 is 0 Å². The molecule has 0 radical (unpaired) electrons. The van der Waals surface area contributed by atoms with Gasteiger partial charge in [-0.3, -0.25) is 4.79 Å². The van der Waals surface area contributed by atoms with Crippen LogP contribution in [0.2, 0.25) is 0 Å². The lowest BCUT2D eigenvalue weighted by molar-refractivity contribution is 0.0942. The van der Waals surface area contributed by atoms with E-state index in [0.717, 1.165) is 32.4 Å². The van der Waals surface area contributed by atoms with Crippen molar-refractivity contribution in [2.75, 3.05) is 20.2 Å².